The number of aromatic nitrogens is 5. The molecule has 4 heterocycles. The molecule has 1 atom stereocenters. The first kappa shape index (κ1) is 15.4. The van der Waals surface area contributed by atoms with Crippen LogP contribution >= 0.6 is 0 Å². The molecule has 0 bridgehead atoms. The second-order valence-electron chi connectivity index (χ2n) is 6.02. The molecule has 0 aliphatic carbocycles. The van der Waals surface area contributed by atoms with Gasteiger partial charge in [0.25, 0.3) is 0 Å². The highest BCUT2D eigenvalue weighted by Gasteiger charge is 2.31. The molecular weight excluding hydrogens is 316 g/mol. The number of nitrogens with one attached hydrogen (secondary N) is 1. The Labute approximate surface area is 145 Å². The van der Waals surface area contributed by atoms with Gasteiger partial charge >= 0.3 is 0 Å². The first-order valence-electron chi connectivity index (χ1n) is 8.33. The van der Waals surface area contributed by atoms with Crippen molar-refractivity contribution < 1.29 is 4.79 Å². The van der Waals surface area contributed by atoms with Crippen LogP contribution in [0.2, 0.25) is 0 Å². The van der Waals surface area contributed by atoms with Gasteiger partial charge in [0.1, 0.15) is 5.82 Å². The molecule has 25 heavy (non-hydrogen) atoms. The number of carbonyl (C=O) groups excluding carboxylic acids is 1. The summed E-state index contributed by atoms with van der Waals surface area (Å²) in [5.41, 5.74) is 1.82. The Morgan fingerprint density at radius 2 is 2.08 bits per heavy atom. The van der Waals surface area contributed by atoms with E-state index in [1.807, 2.05) is 35.2 Å². The number of likely N-dealkylation sites (tertiary alicyclic amines) is 1. The van der Waals surface area contributed by atoms with Gasteiger partial charge in [-0.1, -0.05) is 6.07 Å². The predicted molar refractivity (Wildman–Crippen MR) is 91.2 cm³/mol. The molecule has 0 saturated carbocycles. The first-order chi connectivity index (χ1) is 12.3. The Balaban J connectivity index is 1.48. The van der Waals surface area contributed by atoms with Crippen LogP contribution < -0.4 is 0 Å². The molecule has 3 aromatic rings. The van der Waals surface area contributed by atoms with E-state index in [1.165, 1.54) is 0 Å². The third-order valence-electron chi connectivity index (χ3n) is 4.39. The number of amides is 1. The molecule has 1 aliphatic rings. The van der Waals surface area contributed by atoms with Gasteiger partial charge < -0.3 is 4.90 Å². The molecular formula is C18H18N6O. The molecule has 1 N–H and O–H groups in total. The smallest absolute Gasteiger partial charge is 0.230 e. The second kappa shape index (κ2) is 6.80. The number of hydrogen-bond donors (Lipinski definition) is 1. The maximum Gasteiger partial charge on any atom is 0.230 e. The lowest BCUT2D eigenvalue weighted by Crippen LogP contribution is -2.32. The van der Waals surface area contributed by atoms with E-state index in [-0.39, 0.29) is 18.4 Å². The molecule has 0 aromatic carbocycles. The van der Waals surface area contributed by atoms with E-state index in [2.05, 4.69) is 25.1 Å². The Hall–Kier alpha value is -3.09. The Morgan fingerprint density at radius 1 is 1.20 bits per heavy atom. The molecule has 0 spiro atoms. The SMILES string of the molecule is O=C(Cc1nc(-c2ccncc2)n[nH]1)N1CCC[C@H]1c1ccccn1. The fourth-order valence-electron chi connectivity index (χ4n) is 3.20. The summed E-state index contributed by atoms with van der Waals surface area (Å²) in [6.07, 6.45) is 7.30. The number of hydrogen-bond acceptors (Lipinski definition) is 5. The molecule has 1 amide bonds. The number of pyridine rings is 2. The van der Waals surface area contributed by atoms with Crippen molar-refractivity contribution in [3.8, 4) is 11.4 Å². The highest BCUT2D eigenvalue weighted by atomic mass is 16.2. The van der Waals surface area contributed by atoms with Crippen LogP contribution in [-0.4, -0.2) is 42.5 Å². The van der Waals surface area contributed by atoms with Crippen molar-refractivity contribution in [1.82, 2.24) is 30.0 Å². The summed E-state index contributed by atoms with van der Waals surface area (Å²) in [6.45, 7) is 0.755. The highest BCUT2D eigenvalue weighted by Crippen LogP contribution is 2.31. The van der Waals surface area contributed by atoms with Crippen molar-refractivity contribution in [2.75, 3.05) is 6.54 Å². The van der Waals surface area contributed by atoms with Crippen molar-refractivity contribution in [1.29, 1.82) is 0 Å². The standard InChI is InChI=1S/C18H18N6O/c25-17(24-11-3-5-15(24)14-4-1-2-8-20-14)12-16-21-18(23-22-16)13-6-9-19-10-7-13/h1-2,4,6-10,15H,3,5,11-12H2,(H,21,22,23)/t15-/m0/s1. The van der Waals surface area contributed by atoms with Gasteiger partial charge in [-0.3, -0.25) is 19.9 Å². The average molecular weight is 334 g/mol. The minimum Gasteiger partial charge on any atom is -0.334 e. The molecule has 1 fully saturated rings. The van der Waals surface area contributed by atoms with Crippen molar-refractivity contribution >= 4 is 5.91 Å². The van der Waals surface area contributed by atoms with E-state index in [4.69, 9.17) is 0 Å². The van der Waals surface area contributed by atoms with E-state index in [9.17, 15) is 4.79 Å². The summed E-state index contributed by atoms with van der Waals surface area (Å²) >= 11 is 0. The number of carbonyl (C=O) groups is 1. The van der Waals surface area contributed by atoms with Gasteiger partial charge in [0.05, 0.1) is 18.2 Å². The molecule has 7 nitrogen and oxygen atoms in total. The monoisotopic (exact) mass is 334 g/mol. The average Bonchev–Trinajstić information content (AvgIpc) is 3.33. The lowest BCUT2D eigenvalue weighted by atomic mass is 10.1. The van der Waals surface area contributed by atoms with Gasteiger partial charge in [-0.25, -0.2) is 4.98 Å². The summed E-state index contributed by atoms with van der Waals surface area (Å²) < 4.78 is 0. The van der Waals surface area contributed by atoms with E-state index in [0.29, 0.717) is 11.6 Å². The summed E-state index contributed by atoms with van der Waals surface area (Å²) in [6, 6.07) is 9.56. The Kier molecular flexibility index (Phi) is 4.20. The zero-order valence-corrected chi connectivity index (χ0v) is 13.7. The first-order valence-corrected chi connectivity index (χ1v) is 8.33. The van der Waals surface area contributed by atoms with E-state index < -0.39 is 0 Å². The number of aromatic amines is 1. The summed E-state index contributed by atoms with van der Waals surface area (Å²) in [7, 11) is 0. The van der Waals surface area contributed by atoms with Gasteiger partial charge in [0.15, 0.2) is 5.82 Å². The van der Waals surface area contributed by atoms with Gasteiger partial charge in [0, 0.05) is 30.7 Å². The lowest BCUT2D eigenvalue weighted by molar-refractivity contribution is -0.131. The molecule has 4 rings (SSSR count). The summed E-state index contributed by atoms with van der Waals surface area (Å²) in [4.78, 5) is 27.5. The van der Waals surface area contributed by atoms with Crippen molar-refractivity contribution in [3.05, 3.63) is 60.4 Å². The molecule has 1 aliphatic heterocycles. The van der Waals surface area contributed by atoms with E-state index >= 15 is 0 Å². The molecule has 126 valence electrons. The van der Waals surface area contributed by atoms with Crippen LogP contribution in [0.25, 0.3) is 11.4 Å². The second-order valence-corrected chi connectivity index (χ2v) is 6.02. The van der Waals surface area contributed by atoms with Crippen molar-refractivity contribution in [2.45, 2.75) is 25.3 Å². The number of H-pyrrole nitrogens is 1. The summed E-state index contributed by atoms with van der Waals surface area (Å²) in [5.74, 6) is 1.20. The maximum absolute atomic E-state index is 12.7. The molecule has 3 aromatic heterocycles. The van der Waals surface area contributed by atoms with Gasteiger partial charge in [-0.05, 0) is 37.1 Å². The van der Waals surface area contributed by atoms with Crippen LogP contribution in [0.1, 0.15) is 30.4 Å². The fraction of sp³-hybridized carbons (Fsp3) is 0.278. The minimum atomic E-state index is 0.0468. The highest BCUT2D eigenvalue weighted by molar-refractivity contribution is 5.78. The normalized spacial score (nSPS) is 17.0. The lowest BCUT2D eigenvalue weighted by Gasteiger charge is -2.23. The third kappa shape index (κ3) is 3.26. The van der Waals surface area contributed by atoms with Crippen LogP contribution in [0.3, 0.4) is 0 Å². The van der Waals surface area contributed by atoms with Gasteiger partial charge in [0.2, 0.25) is 5.91 Å². The zero-order chi connectivity index (χ0) is 17.1. The molecule has 1 saturated heterocycles. The third-order valence-corrected chi connectivity index (χ3v) is 4.39. The quantitative estimate of drug-likeness (QED) is 0.790. The largest absolute Gasteiger partial charge is 0.334 e. The van der Waals surface area contributed by atoms with Gasteiger partial charge in [-0.2, -0.15) is 5.10 Å². The molecule has 0 unspecified atom stereocenters. The Bertz CT molecular complexity index is 848. The van der Waals surface area contributed by atoms with Crippen molar-refractivity contribution in [3.63, 3.8) is 0 Å². The van der Waals surface area contributed by atoms with Crippen LogP contribution in [0.4, 0.5) is 0 Å². The minimum absolute atomic E-state index is 0.0468. The fourth-order valence-corrected chi connectivity index (χ4v) is 3.20. The molecule has 0 radical (unpaired) electrons. The van der Waals surface area contributed by atoms with E-state index in [0.717, 1.165) is 30.6 Å². The Morgan fingerprint density at radius 3 is 2.88 bits per heavy atom. The van der Waals surface area contributed by atoms with Crippen LogP contribution in [0.5, 0.6) is 0 Å². The number of nitrogens with zero attached hydrogens (tertiary/aromatic N) is 5. The van der Waals surface area contributed by atoms with Gasteiger partial charge in [-0.15, -0.1) is 0 Å². The summed E-state index contributed by atoms with van der Waals surface area (Å²) in [5, 5.41) is 7.06. The zero-order valence-electron chi connectivity index (χ0n) is 13.7. The topological polar surface area (TPSA) is 87.7 Å². The predicted octanol–water partition coefficient (Wildman–Crippen LogP) is 2.17. The van der Waals surface area contributed by atoms with Crippen molar-refractivity contribution in [2.24, 2.45) is 0 Å². The van der Waals surface area contributed by atoms with Crippen LogP contribution in [0, 0.1) is 0 Å². The van der Waals surface area contributed by atoms with E-state index in [1.54, 1.807) is 18.6 Å². The number of rotatable bonds is 4. The molecule has 7 heteroatoms. The maximum atomic E-state index is 12.7. The van der Waals surface area contributed by atoms with Crippen LogP contribution in [0.15, 0.2) is 48.9 Å². The van der Waals surface area contributed by atoms with Crippen LogP contribution in [-0.2, 0) is 11.2 Å².